The van der Waals surface area contributed by atoms with E-state index in [1.54, 1.807) is 33.0 Å². The fourth-order valence-corrected chi connectivity index (χ4v) is 3.94. The summed E-state index contributed by atoms with van der Waals surface area (Å²) in [5.74, 6) is 0.307. The van der Waals surface area contributed by atoms with Gasteiger partial charge in [0, 0.05) is 20.2 Å². The molecular formula is C15H20N4O4S. The number of carbonyl (C=O) groups is 1. The van der Waals surface area contributed by atoms with Gasteiger partial charge in [-0.1, -0.05) is 0 Å². The Hall–Kier alpha value is -2.55. The molecule has 0 fully saturated rings. The molecule has 0 saturated carbocycles. The van der Waals surface area contributed by atoms with E-state index < -0.39 is 10.0 Å². The van der Waals surface area contributed by atoms with E-state index in [9.17, 15) is 13.2 Å². The second-order valence-electron chi connectivity index (χ2n) is 5.31. The van der Waals surface area contributed by atoms with Crippen molar-refractivity contribution in [3.05, 3.63) is 35.0 Å². The molecule has 0 aliphatic heterocycles. The summed E-state index contributed by atoms with van der Waals surface area (Å²) in [6.45, 7) is 3.39. The number of methoxy groups -OCH3 is 1. The molecule has 0 bridgehead atoms. The number of hydrogen-bond acceptors (Lipinski definition) is 5. The van der Waals surface area contributed by atoms with E-state index in [1.807, 2.05) is 0 Å². The Morgan fingerprint density at radius 2 is 1.79 bits per heavy atom. The molecule has 8 nitrogen and oxygen atoms in total. The van der Waals surface area contributed by atoms with Crippen LogP contribution in [0.1, 0.15) is 21.6 Å². The second-order valence-corrected chi connectivity index (χ2v) is 6.93. The number of benzene rings is 1. The molecule has 24 heavy (non-hydrogen) atoms. The van der Waals surface area contributed by atoms with E-state index in [0.717, 1.165) is 0 Å². The van der Waals surface area contributed by atoms with Crippen LogP contribution in [-0.4, -0.2) is 38.3 Å². The van der Waals surface area contributed by atoms with E-state index in [2.05, 4.69) is 15.1 Å². The Labute approximate surface area is 140 Å². The molecule has 0 radical (unpaired) electrons. The number of nitrogens with one attached hydrogen (secondary N) is 2. The number of carbonyl (C=O) groups excluding carboxylic acids is 1. The van der Waals surface area contributed by atoms with Crippen LogP contribution in [0.25, 0.3) is 0 Å². The fraction of sp³-hybridized carbons (Fsp3) is 0.333. The molecular weight excluding hydrogens is 332 g/mol. The van der Waals surface area contributed by atoms with Crippen LogP contribution in [0.5, 0.6) is 5.75 Å². The topological polar surface area (TPSA) is 102 Å². The molecule has 2 aromatic rings. The number of hydrogen-bond donors (Lipinski definition) is 2. The standard InChI is InChI=1S/C15H20N4O4S/c1-9-6-11(23-5)7-10(2)14(9)24(21,22)18-13-8-12(15(20)16-3)19(4)17-13/h6-8H,1-5H3,(H,16,20)(H,17,18). The van der Waals surface area contributed by atoms with Gasteiger partial charge in [0.15, 0.2) is 5.82 Å². The molecule has 1 amide bonds. The van der Waals surface area contributed by atoms with Gasteiger partial charge in [0.25, 0.3) is 15.9 Å². The average molecular weight is 352 g/mol. The molecule has 0 saturated heterocycles. The van der Waals surface area contributed by atoms with Crippen LogP contribution in [-0.2, 0) is 17.1 Å². The zero-order valence-electron chi connectivity index (χ0n) is 14.2. The molecule has 0 atom stereocenters. The Morgan fingerprint density at radius 1 is 1.21 bits per heavy atom. The summed E-state index contributed by atoms with van der Waals surface area (Å²) in [5, 5.41) is 6.49. The average Bonchev–Trinajstić information content (AvgIpc) is 2.84. The summed E-state index contributed by atoms with van der Waals surface area (Å²) in [5.41, 5.74) is 1.36. The number of aromatic nitrogens is 2. The van der Waals surface area contributed by atoms with Crippen molar-refractivity contribution >= 4 is 21.7 Å². The van der Waals surface area contributed by atoms with E-state index in [1.165, 1.54) is 24.9 Å². The molecule has 0 unspecified atom stereocenters. The Bertz CT molecular complexity index is 864. The predicted octanol–water partition coefficient (Wildman–Crippen LogP) is 1.21. The lowest BCUT2D eigenvalue weighted by Gasteiger charge is -2.13. The monoisotopic (exact) mass is 352 g/mol. The Kier molecular flexibility index (Phi) is 4.83. The minimum absolute atomic E-state index is 0.0747. The van der Waals surface area contributed by atoms with E-state index in [0.29, 0.717) is 16.9 Å². The zero-order valence-corrected chi connectivity index (χ0v) is 15.0. The van der Waals surface area contributed by atoms with Gasteiger partial charge in [0.05, 0.1) is 12.0 Å². The highest BCUT2D eigenvalue weighted by molar-refractivity contribution is 7.92. The third-order valence-corrected chi connectivity index (χ3v) is 5.18. The van der Waals surface area contributed by atoms with Crippen LogP contribution in [0.3, 0.4) is 0 Å². The van der Waals surface area contributed by atoms with Crippen molar-refractivity contribution < 1.29 is 17.9 Å². The maximum atomic E-state index is 12.7. The lowest BCUT2D eigenvalue weighted by molar-refractivity contribution is 0.0953. The second kappa shape index (κ2) is 6.52. The quantitative estimate of drug-likeness (QED) is 0.842. The van der Waals surface area contributed by atoms with Crippen LogP contribution < -0.4 is 14.8 Å². The van der Waals surface area contributed by atoms with Crippen LogP contribution in [0.4, 0.5) is 5.82 Å². The molecule has 1 aromatic heterocycles. The maximum absolute atomic E-state index is 12.7. The van der Waals surface area contributed by atoms with Gasteiger partial charge in [-0.25, -0.2) is 8.42 Å². The van der Waals surface area contributed by atoms with Crippen molar-refractivity contribution in [2.75, 3.05) is 18.9 Å². The normalized spacial score (nSPS) is 11.2. The van der Waals surface area contributed by atoms with Gasteiger partial charge in [-0.3, -0.25) is 14.2 Å². The summed E-state index contributed by atoms with van der Waals surface area (Å²) in [4.78, 5) is 11.9. The minimum atomic E-state index is -3.85. The molecule has 9 heteroatoms. The van der Waals surface area contributed by atoms with Gasteiger partial charge in [-0.05, 0) is 37.1 Å². The molecule has 2 rings (SSSR count). The first-order valence-corrected chi connectivity index (χ1v) is 8.62. The summed E-state index contributed by atoms with van der Waals surface area (Å²) < 4.78 is 34.3. The van der Waals surface area contributed by atoms with Crippen LogP contribution in [0, 0.1) is 13.8 Å². The third-order valence-electron chi connectivity index (χ3n) is 3.52. The lowest BCUT2D eigenvalue weighted by atomic mass is 10.1. The summed E-state index contributed by atoms with van der Waals surface area (Å²) in [7, 11) is 0.725. The minimum Gasteiger partial charge on any atom is -0.497 e. The zero-order chi connectivity index (χ0) is 18.1. The van der Waals surface area contributed by atoms with Gasteiger partial charge in [0.1, 0.15) is 11.4 Å². The van der Waals surface area contributed by atoms with Crippen molar-refractivity contribution in [3.8, 4) is 5.75 Å². The van der Waals surface area contributed by atoms with Gasteiger partial charge in [0.2, 0.25) is 0 Å². The highest BCUT2D eigenvalue weighted by Crippen LogP contribution is 2.27. The molecule has 1 heterocycles. The van der Waals surface area contributed by atoms with Gasteiger partial charge >= 0.3 is 0 Å². The van der Waals surface area contributed by atoms with Gasteiger partial charge in [-0.15, -0.1) is 0 Å². The van der Waals surface area contributed by atoms with Crippen molar-refractivity contribution in [2.45, 2.75) is 18.7 Å². The number of aryl methyl sites for hydroxylation is 3. The first kappa shape index (κ1) is 17.8. The van der Waals surface area contributed by atoms with Crippen molar-refractivity contribution in [2.24, 2.45) is 7.05 Å². The number of nitrogens with zero attached hydrogens (tertiary/aromatic N) is 2. The molecule has 2 N–H and O–H groups in total. The van der Waals surface area contributed by atoms with Crippen molar-refractivity contribution in [3.63, 3.8) is 0 Å². The fourth-order valence-electron chi connectivity index (χ4n) is 2.50. The smallest absolute Gasteiger partial charge is 0.269 e. The molecule has 130 valence electrons. The predicted molar refractivity (Wildman–Crippen MR) is 89.9 cm³/mol. The number of amides is 1. The maximum Gasteiger partial charge on any atom is 0.269 e. The summed E-state index contributed by atoms with van der Waals surface area (Å²) in [6, 6.07) is 4.68. The number of sulfonamides is 1. The first-order chi connectivity index (χ1) is 11.2. The largest absolute Gasteiger partial charge is 0.497 e. The van der Waals surface area contributed by atoms with Crippen molar-refractivity contribution in [1.29, 1.82) is 0 Å². The molecule has 1 aromatic carbocycles. The SMILES string of the molecule is CNC(=O)c1cc(NS(=O)(=O)c2c(C)cc(OC)cc2C)nn1C. The first-order valence-electron chi connectivity index (χ1n) is 7.13. The number of rotatable bonds is 5. The molecule has 0 aliphatic carbocycles. The summed E-state index contributed by atoms with van der Waals surface area (Å²) in [6.07, 6.45) is 0. The highest BCUT2D eigenvalue weighted by atomic mass is 32.2. The van der Waals surface area contributed by atoms with Gasteiger partial charge < -0.3 is 10.1 Å². The number of ether oxygens (including phenoxy) is 1. The Balaban J connectivity index is 2.41. The van der Waals surface area contributed by atoms with Crippen LogP contribution in [0.2, 0.25) is 0 Å². The molecule has 0 aliphatic rings. The van der Waals surface area contributed by atoms with Crippen molar-refractivity contribution in [1.82, 2.24) is 15.1 Å². The van der Waals surface area contributed by atoms with Crippen LogP contribution >= 0.6 is 0 Å². The number of anilines is 1. The van der Waals surface area contributed by atoms with Gasteiger partial charge in [-0.2, -0.15) is 5.10 Å². The van der Waals surface area contributed by atoms with E-state index in [4.69, 9.17) is 4.74 Å². The lowest BCUT2D eigenvalue weighted by Crippen LogP contribution is -2.20. The van der Waals surface area contributed by atoms with Crippen LogP contribution in [0.15, 0.2) is 23.1 Å². The van der Waals surface area contributed by atoms with E-state index in [-0.39, 0.29) is 22.3 Å². The Morgan fingerprint density at radius 3 is 2.29 bits per heavy atom. The highest BCUT2D eigenvalue weighted by Gasteiger charge is 2.23. The van der Waals surface area contributed by atoms with E-state index >= 15 is 0 Å². The molecule has 0 spiro atoms. The third kappa shape index (κ3) is 3.35. The summed E-state index contributed by atoms with van der Waals surface area (Å²) >= 11 is 0.